The first-order valence-electron chi connectivity index (χ1n) is 6.17. The lowest BCUT2D eigenvalue weighted by Gasteiger charge is -2.26. The predicted octanol–water partition coefficient (Wildman–Crippen LogP) is 2.04. The maximum Gasteiger partial charge on any atom is 0.146 e. The maximum absolute atomic E-state index is 5.67. The fourth-order valence-corrected chi connectivity index (χ4v) is 2.11. The molecule has 0 radical (unpaired) electrons. The van der Waals surface area contributed by atoms with E-state index in [1.165, 1.54) is 0 Å². The summed E-state index contributed by atoms with van der Waals surface area (Å²) in [5.74, 6) is 2.09. The summed E-state index contributed by atoms with van der Waals surface area (Å²) in [6.07, 6.45) is 0. The number of hydrogen-bond acceptors (Lipinski definition) is 4. The summed E-state index contributed by atoms with van der Waals surface area (Å²) in [6.45, 7) is 5.79. The molecule has 18 heavy (non-hydrogen) atoms. The van der Waals surface area contributed by atoms with E-state index >= 15 is 0 Å². The Labute approximate surface area is 110 Å². The third-order valence-electron chi connectivity index (χ3n) is 3.06. The fraction of sp³-hybridized carbons (Fsp3) is 0.571. The van der Waals surface area contributed by atoms with Crippen molar-refractivity contribution in [2.24, 2.45) is 11.7 Å². The van der Waals surface area contributed by atoms with Gasteiger partial charge in [0.25, 0.3) is 0 Å². The maximum atomic E-state index is 5.67. The van der Waals surface area contributed by atoms with Crippen molar-refractivity contribution in [3.05, 3.63) is 17.7 Å². The van der Waals surface area contributed by atoms with Gasteiger partial charge in [-0.25, -0.2) is 0 Å². The molecule has 0 fully saturated rings. The first kappa shape index (κ1) is 14.6. The lowest BCUT2D eigenvalue weighted by molar-refractivity contribution is 0.393. The van der Waals surface area contributed by atoms with Gasteiger partial charge in [0.05, 0.1) is 19.9 Å². The van der Waals surface area contributed by atoms with Crippen LogP contribution in [0.1, 0.15) is 12.5 Å². The minimum absolute atomic E-state index is 0.446. The van der Waals surface area contributed by atoms with E-state index in [1.807, 2.05) is 12.1 Å². The highest BCUT2D eigenvalue weighted by Crippen LogP contribution is 2.35. The number of benzene rings is 1. The van der Waals surface area contributed by atoms with Crippen molar-refractivity contribution >= 4 is 5.69 Å². The van der Waals surface area contributed by atoms with Crippen LogP contribution in [0.2, 0.25) is 0 Å². The van der Waals surface area contributed by atoms with Crippen LogP contribution >= 0.6 is 0 Å². The van der Waals surface area contributed by atoms with Crippen molar-refractivity contribution in [1.82, 2.24) is 0 Å². The van der Waals surface area contributed by atoms with Crippen molar-refractivity contribution in [2.75, 3.05) is 39.3 Å². The topological polar surface area (TPSA) is 47.7 Å². The highest BCUT2D eigenvalue weighted by molar-refractivity contribution is 5.65. The van der Waals surface area contributed by atoms with E-state index in [-0.39, 0.29) is 0 Å². The molecule has 0 saturated carbocycles. The zero-order chi connectivity index (χ0) is 13.7. The van der Waals surface area contributed by atoms with Crippen LogP contribution in [0.15, 0.2) is 12.1 Å². The molecule has 2 N–H and O–H groups in total. The molecule has 1 aromatic carbocycles. The second kappa shape index (κ2) is 6.50. The van der Waals surface area contributed by atoms with Gasteiger partial charge >= 0.3 is 0 Å². The molecule has 4 heteroatoms. The third-order valence-corrected chi connectivity index (χ3v) is 3.06. The van der Waals surface area contributed by atoms with Crippen molar-refractivity contribution in [1.29, 1.82) is 0 Å². The third kappa shape index (κ3) is 3.29. The van der Waals surface area contributed by atoms with Crippen molar-refractivity contribution in [2.45, 2.75) is 13.8 Å². The van der Waals surface area contributed by atoms with Crippen LogP contribution in [0.4, 0.5) is 5.69 Å². The first-order valence-corrected chi connectivity index (χ1v) is 6.17. The van der Waals surface area contributed by atoms with Gasteiger partial charge in [0, 0.05) is 19.7 Å². The largest absolute Gasteiger partial charge is 0.497 e. The molecule has 1 aromatic rings. The number of anilines is 1. The zero-order valence-corrected chi connectivity index (χ0v) is 12.0. The lowest BCUT2D eigenvalue weighted by atomic mass is 10.1. The molecule has 4 nitrogen and oxygen atoms in total. The van der Waals surface area contributed by atoms with E-state index in [9.17, 15) is 0 Å². The van der Waals surface area contributed by atoms with Crippen LogP contribution in [0.3, 0.4) is 0 Å². The van der Waals surface area contributed by atoms with Crippen LogP contribution in [0, 0.1) is 12.8 Å². The van der Waals surface area contributed by atoms with Gasteiger partial charge in [-0.2, -0.15) is 0 Å². The molecule has 0 heterocycles. The molecular formula is C14H24N2O2. The van der Waals surface area contributed by atoms with Gasteiger partial charge in [-0.05, 0) is 31.0 Å². The second-order valence-corrected chi connectivity index (χ2v) is 4.72. The molecule has 0 aromatic heterocycles. The highest BCUT2D eigenvalue weighted by atomic mass is 16.5. The van der Waals surface area contributed by atoms with E-state index in [1.54, 1.807) is 14.2 Å². The Hall–Kier alpha value is -1.42. The second-order valence-electron chi connectivity index (χ2n) is 4.72. The Morgan fingerprint density at radius 3 is 2.44 bits per heavy atom. The molecule has 0 spiro atoms. The SMILES string of the molecule is COc1cc(C)c(N(C)CC(C)CN)c(OC)c1. The smallest absolute Gasteiger partial charge is 0.146 e. The minimum Gasteiger partial charge on any atom is -0.497 e. The summed E-state index contributed by atoms with van der Waals surface area (Å²) >= 11 is 0. The zero-order valence-electron chi connectivity index (χ0n) is 12.0. The summed E-state index contributed by atoms with van der Waals surface area (Å²) in [7, 11) is 5.40. The average molecular weight is 252 g/mol. The summed E-state index contributed by atoms with van der Waals surface area (Å²) in [5.41, 5.74) is 7.91. The normalized spacial score (nSPS) is 12.1. The van der Waals surface area contributed by atoms with E-state index in [0.29, 0.717) is 12.5 Å². The predicted molar refractivity (Wildman–Crippen MR) is 75.8 cm³/mol. The van der Waals surface area contributed by atoms with Gasteiger partial charge in [0.2, 0.25) is 0 Å². The summed E-state index contributed by atoms with van der Waals surface area (Å²) in [6, 6.07) is 3.92. The Morgan fingerprint density at radius 1 is 1.28 bits per heavy atom. The number of nitrogens with two attached hydrogens (primary N) is 1. The van der Waals surface area contributed by atoms with E-state index in [0.717, 1.165) is 29.3 Å². The molecular weight excluding hydrogens is 228 g/mol. The lowest BCUT2D eigenvalue weighted by Crippen LogP contribution is -2.29. The molecule has 1 atom stereocenters. The summed E-state index contributed by atoms with van der Waals surface area (Å²) in [5, 5.41) is 0. The van der Waals surface area contributed by atoms with Gasteiger partial charge < -0.3 is 20.1 Å². The average Bonchev–Trinajstić information content (AvgIpc) is 2.36. The number of ether oxygens (including phenoxy) is 2. The van der Waals surface area contributed by atoms with Crippen molar-refractivity contribution in [3.63, 3.8) is 0 Å². The molecule has 0 aliphatic rings. The number of methoxy groups -OCH3 is 2. The van der Waals surface area contributed by atoms with E-state index in [2.05, 4.69) is 25.8 Å². The van der Waals surface area contributed by atoms with Gasteiger partial charge in [-0.15, -0.1) is 0 Å². The Kier molecular flexibility index (Phi) is 5.28. The quantitative estimate of drug-likeness (QED) is 0.841. The van der Waals surface area contributed by atoms with Crippen LogP contribution < -0.4 is 20.1 Å². The number of nitrogens with zero attached hydrogens (tertiary/aromatic N) is 1. The minimum atomic E-state index is 0.446. The van der Waals surface area contributed by atoms with Crippen LogP contribution in [-0.4, -0.2) is 34.4 Å². The van der Waals surface area contributed by atoms with Crippen LogP contribution in [0.25, 0.3) is 0 Å². The Bertz CT molecular complexity index is 394. The number of rotatable bonds is 6. The summed E-state index contributed by atoms with van der Waals surface area (Å²) in [4.78, 5) is 2.19. The molecule has 0 saturated heterocycles. The molecule has 0 amide bonds. The molecule has 1 rings (SSSR count). The Balaban J connectivity index is 3.06. The van der Waals surface area contributed by atoms with Crippen molar-refractivity contribution < 1.29 is 9.47 Å². The van der Waals surface area contributed by atoms with Gasteiger partial charge in [0.15, 0.2) is 0 Å². The molecule has 102 valence electrons. The number of aryl methyl sites for hydroxylation is 1. The van der Waals surface area contributed by atoms with Gasteiger partial charge in [-0.1, -0.05) is 6.92 Å². The molecule has 0 aliphatic heterocycles. The Morgan fingerprint density at radius 2 is 1.94 bits per heavy atom. The highest BCUT2D eigenvalue weighted by Gasteiger charge is 2.15. The standard InChI is InChI=1S/C14H24N2O2/c1-10(8-15)9-16(3)14-11(2)6-12(17-4)7-13(14)18-5/h6-7,10H,8-9,15H2,1-5H3. The molecule has 0 aliphatic carbocycles. The van der Waals surface area contributed by atoms with Crippen LogP contribution in [0.5, 0.6) is 11.5 Å². The van der Waals surface area contributed by atoms with Gasteiger partial charge in [-0.3, -0.25) is 0 Å². The van der Waals surface area contributed by atoms with Gasteiger partial charge in [0.1, 0.15) is 11.5 Å². The van der Waals surface area contributed by atoms with E-state index < -0.39 is 0 Å². The summed E-state index contributed by atoms with van der Waals surface area (Å²) < 4.78 is 10.7. The molecule has 1 unspecified atom stereocenters. The number of hydrogen-bond donors (Lipinski definition) is 1. The fourth-order valence-electron chi connectivity index (χ4n) is 2.11. The van der Waals surface area contributed by atoms with Crippen molar-refractivity contribution in [3.8, 4) is 11.5 Å². The molecule has 0 bridgehead atoms. The van der Waals surface area contributed by atoms with E-state index in [4.69, 9.17) is 15.2 Å². The van der Waals surface area contributed by atoms with Crippen LogP contribution in [-0.2, 0) is 0 Å². The first-order chi connectivity index (χ1) is 8.53. The monoisotopic (exact) mass is 252 g/mol.